The Morgan fingerprint density at radius 2 is 1.88 bits per heavy atom. The Morgan fingerprint density at radius 1 is 1.16 bits per heavy atom. The molecule has 0 amide bonds. The highest BCUT2D eigenvalue weighted by molar-refractivity contribution is 5.80. The third kappa shape index (κ3) is 5.56. The van der Waals surface area contributed by atoms with E-state index in [4.69, 9.17) is 14.9 Å². The average molecular weight is 346 g/mol. The zero-order valence-electron chi connectivity index (χ0n) is 15.6. The quantitative estimate of drug-likeness (QED) is 0.509. The van der Waals surface area contributed by atoms with Crippen molar-refractivity contribution in [1.82, 2.24) is 4.98 Å². The van der Waals surface area contributed by atoms with Gasteiger partial charge in [0.2, 0.25) is 5.89 Å². The first-order chi connectivity index (χ1) is 11.9. The van der Waals surface area contributed by atoms with Crippen LogP contribution in [0.1, 0.15) is 65.2 Å². The van der Waals surface area contributed by atoms with Crippen LogP contribution in [0.4, 0.5) is 5.69 Å². The molecule has 0 aliphatic carbocycles. The SMILES string of the molecule is CCCCCCCCOCC(C)(C)c1nc2ccc(N)cc2c(=O)o1. The molecule has 0 saturated carbocycles. The second-order valence-corrected chi connectivity index (χ2v) is 7.29. The van der Waals surface area contributed by atoms with Crippen molar-refractivity contribution in [2.75, 3.05) is 18.9 Å². The molecule has 5 nitrogen and oxygen atoms in total. The molecule has 2 rings (SSSR count). The van der Waals surface area contributed by atoms with E-state index in [1.54, 1.807) is 18.2 Å². The van der Waals surface area contributed by atoms with E-state index in [0.717, 1.165) is 13.0 Å². The summed E-state index contributed by atoms with van der Waals surface area (Å²) in [6, 6.07) is 5.08. The number of aromatic nitrogens is 1. The first-order valence-electron chi connectivity index (χ1n) is 9.22. The van der Waals surface area contributed by atoms with Gasteiger partial charge in [-0.2, -0.15) is 0 Å². The molecular formula is C20H30N2O3. The predicted molar refractivity (Wildman–Crippen MR) is 102 cm³/mol. The number of nitrogens with zero attached hydrogens (tertiary/aromatic N) is 1. The van der Waals surface area contributed by atoms with Crippen LogP contribution in [0, 0.1) is 0 Å². The van der Waals surface area contributed by atoms with Crippen molar-refractivity contribution in [2.24, 2.45) is 0 Å². The third-order valence-corrected chi connectivity index (χ3v) is 4.34. The molecule has 0 aliphatic rings. The molecule has 2 N–H and O–H groups in total. The molecule has 1 aromatic heterocycles. The Labute approximate surface area is 149 Å². The van der Waals surface area contributed by atoms with Crippen molar-refractivity contribution >= 4 is 16.6 Å². The lowest BCUT2D eigenvalue weighted by molar-refractivity contribution is 0.0800. The van der Waals surface area contributed by atoms with Crippen LogP contribution in [0.2, 0.25) is 0 Å². The van der Waals surface area contributed by atoms with Crippen molar-refractivity contribution in [3.05, 3.63) is 34.5 Å². The number of nitrogens with two attached hydrogens (primary N) is 1. The average Bonchev–Trinajstić information content (AvgIpc) is 2.57. The van der Waals surface area contributed by atoms with Gasteiger partial charge in [-0.15, -0.1) is 0 Å². The van der Waals surface area contributed by atoms with Gasteiger partial charge in [0.05, 0.1) is 22.9 Å². The van der Waals surface area contributed by atoms with E-state index >= 15 is 0 Å². The summed E-state index contributed by atoms with van der Waals surface area (Å²) in [6.45, 7) is 7.37. The van der Waals surface area contributed by atoms with Gasteiger partial charge in [-0.05, 0) is 38.5 Å². The van der Waals surface area contributed by atoms with Crippen molar-refractivity contribution in [1.29, 1.82) is 0 Å². The molecule has 138 valence electrons. The molecule has 0 atom stereocenters. The number of fused-ring (bicyclic) bond motifs is 1. The minimum Gasteiger partial charge on any atom is -0.407 e. The summed E-state index contributed by atoms with van der Waals surface area (Å²) in [6.07, 6.45) is 7.41. The standard InChI is InChI=1S/C20H30N2O3/c1-4-5-6-7-8-9-12-24-14-20(2,3)19-22-17-11-10-15(21)13-16(17)18(23)25-19/h10-11,13H,4-9,12,14,21H2,1-3H3. The molecule has 0 bridgehead atoms. The molecule has 0 spiro atoms. The summed E-state index contributed by atoms with van der Waals surface area (Å²) in [7, 11) is 0. The number of hydrogen-bond acceptors (Lipinski definition) is 5. The Kier molecular flexibility index (Phi) is 7.00. The lowest BCUT2D eigenvalue weighted by Crippen LogP contribution is -2.27. The van der Waals surface area contributed by atoms with Crippen LogP contribution < -0.4 is 11.4 Å². The number of unbranched alkanes of at least 4 members (excludes halogenated alkanes) is 5. The van der Waals surface area contributed by atoms with Crippen LogP contribution in [0.3, 0.4) is 0 Å². The Morgan fingerprint density at radius 3 is 2.64 bits per heavy atom. The highest BCUT2D eigenvalue weighted by Crippen LogP contribution is 2.23. The largest absolute Gasteiger partial charge is 0.407 e. The van der Waals surface area contributed by atoms with Gasteiger partial charge in [-0.1, -0.05) is 39.0 Å². The maximum atomic E-state index is 12.2. The van der Waals surface area contributed by atoms with Crippen LogP contribution in [0.5, 0.6) is 0 Å². The Balaban J connectivity index is 1.92. The number of rotatable bonds is 10. The van der Waals surface area contributed by atoms with E-state index in [0.29, 0.717) is 29.1 Å². The minimum absolute atomic E-state index is 0.401. The second kappa shape index (κ2) is 8.99. The van der Waals surface area contributed by atoms with E-state index in [2.05, 4.69) is 11.9 Å². The molecule has 0 unspecified atom stereocenters. The summed E-state index contributed by atoms with van der Waals surface area (Å²) in [5.74, 6) is 0.401. The molecule has 0 saturated heterocycles. The first kappa shape index (κ1) is 19.4. The maximum Gasteiger partial charge on any atom is 0.346 e. The van der Waals surface area contributed by atoms with Crippen LogP contribution in [0.25, 0.3) is 10.9 Å². The van der Waals surface area contributed by atoms with Gasteiger partial charge in [0, 0.05) is 12.3 Å². The van der Waals surface area contributed by atoms with Crippen LogP contribution in [-0.2, 0) is 10.2 Å². The second-order valence-electron chi connectivity index (χ2n) is 7.29. The van der Waals surface area contributed by atoms with Crippen molar-refractivity contribution in [2.45, 2.75) is 64.7 Å². The third-order valence-electron chi connectivity index (χ3n) is 4.34. The fraction of sp³-hybridized carbons (Fsp3) is 0.600. The fourth-order valence-corrected chi connectivity index (χ4v) is 2.75. The Hall–Kier alpha value is -1.88. The highest BCUT2D eigenvalue weighted by atomic mass is 16.5. The lowest BCUT2D eigenvalue weighted by Gasteiger charge is -2.22. The van der Waals surface area contributed by atoms with Crippen LogP contribution in [0.15, 0.2) is 27.4 Å². The van der Waals surface area contributed by atoms with Gasteiger partial charge >= 0.3 is 5.63 Å². The number of ether oxygens (including phenoxy) is 1. The molecule has 0 radical (unpaired) electrons. The normalized spacial score (nSPS) is 12.0. The van der Waals surface area contributed by atoms with E-state index < -0.39 is 11.0 Å². The van der Waals surface area contributed by atoms with Gasteiger partial charge in [-0.25, -0.2) is 9.78 Å². The number of anilines is 1. The van der Waals surface area contributed by atoms with Crippen LogP contribution in [-0.4, -0.2) is 18.2 Å². The molecule has 2 aromatic rings. The van der Waals surface area contributed by atoms with E-state index in [1.165, 1.54) is 32.1 Å². The van der Waals surface area contributed by atoms with Crippen molar-refractivity contribution in [3.63, 3.8) is 0 Å². The predicted octanol–water partition coefficient (Wildman–Crippen LogP) is 4.42. The topological polar surface area (TPSA) is 78.4 Å². The number of nitrogen functional groups attached to an aromatic ring is 1. The molecule has 0 fully saturated rings. The molecular weight excluding hydrogens is 316 g/mol. The maximum absolute atomic E-state index is 12.2. The van der Waals surface area contributed by atoms with E-state index in [9.17, 15) is 4.79 Å². The highest BCUT2D eigenvalue weighted by Gasteiger charge is 2.27. The first-order valence-corrected chi connectivity index (χ1v) is 9.22. The van der Waals surface area contributed by atoms with Crippen LogP contribution >= 0.6 is 0 Å². The minimum atomic E-state index is -0.461. The summed E-state index contributed by atoms with van der Waals surface area (Å²) < 4.78 is 11.2. The zero-order valence-corrected chi connectivity index (χ0v) is 15.6. The summed E-state index contributed by atoms with van der Waals surface area (Å²) >= 11 is 0. The summed E-state index contributed by atoms with van der Waals surface area (Å²) in [4.78, 5) is 16.7. The number of benzene rings is 1. The monoisotopic (exact) mass is 346 g/mol. The Bertz CT molecular complexity index is 737. The zero-order chi connectivity index (χ0) is 18.3. The molecule has 1 heterocycles. The summed E-state index contributed by atoms with van der Waals surface area (Å²) in [5, 5.41) is 0.410. The van der Waals surface area contributed by atoms with Gasteiger partial charge in [-0.3, -0.25) is 0 Å². The summed E-state index contributed by atoms with van der Waals surface area (Å²) in [5.41, 5.74) is 5.98. The van der Waals surface area contributed by atoms with Crippen molar-refractivity contribution < 1.29 is 9.15 Å². The number of hydrogen-bond donors (Lipinski definition) is 1. The van der Waals surface area contributed by atoms with Gasteiger partial charge in [0.25, 0.3) is 0 Å². The molecule has 0 aliphatic heterocycles. The van der Waals surface area contributed by atoms with Gasteiger partial charge < -0.3 is 14.9 Å². The molecule has 5 heteroatoms. The van der Waals surface area contributed by atoms with E-state index in [-0.39, 0.29) is 0 Å². The van der Waals surface area contributed by atoms with E-state index in [1.807, 2.05) is 13.8 Å². The molecule has 1 aromatic carbocycles. The van der Waals surface area contributed by atoms with Gasteiger partial charge in [0.1, 0.15) is 0 Å². The smallest absolute Gasteiger partial charge is 0.346 e. The fourth-order valence-electron chi connectivity index (χ4n) is 2.75. The van der Waals surface area contributed by atoms with Crippen molar-refractivity contribution in [3.8, 4) is 0 Å². The molecule has 25 heavy (non-hydrogen) atoms. The lowest BCUT2D eigenvalue weighted by atomic mass is 9.94. The van der Waals surface area contributed by atoms with Gasteiger partial charge in [0.15, 0.2) is 0 Å².